The molecule has 1 heterocycles. The first-order valence-electron chi connectivity index (χ1n) is 7.70. The summed E-state index contributed by atoms with van der Waals surface area (Å²) in [7, 11) is 0. The van der Waals surface area contributed by atoms with Gasteiger partial charge in [0.25, 0.3) is 0 Å². The Morgan fingerprint density at radius 3 is 2.65 bits per heavy atom. The van der Waals surface area contributed by atoms with Crippen LogP contribution >= 0.6 is 0 Å². The van der Waals surface area contributed by atoms with E-state index in [1.807, 2.05) is 13.8 Å². The summed E-state index contributed by atoms with van der Waals surface area (Å²) in [5, 5.41) is 3.34. The van der Waals surface area contributed by atoms with Gasteiger partial charge in [-0.3, -0.25) is 0 Å². The Bertz CT molecular complexity index is 445. The second-order valence-corrected chi connectivity index (χ2v) is 5.50. The SMILES string of the molecule is CCc1nc(C)c(CN=C(N)NC2CCCCCC2)o1. The minimum atomic E-state index is 0.463. The van der Waals surface area contributed by atoms with E-state index in [0.29, 0.717) is 18.5 Å². The molecule has 5 nitrogen and oxygen atoms in total. The second kappa shape index (κ2) is 7.31. The van der Waals surface area contributed by atoms with Crippen LogP contribution in [0.2, 0.25) is 0 Å². The third kappa shape index (κ3) is 4.25. The fraction of sp³-hybridized carbons (Fsp3) is 0.733. The number of aryl methyl sites for hydroxylation is 2. The quantitative estimate of drug-likeness (QED) is 0.504. The molecule has 2 rings (SSSR count). The molecule has 20 heavy (non-hydrogen) atoms. The summed E-state index contributed by atoms with van der Waals surface area (Å²) in [5.41, 5.74) is 6.88. The molecule has 3 N–H and O–H groups in total. The topological polar surface area (TPSA) is 76.4 Å². The van der Waals surface area contributed by atoms with Gasteiger partial charge in [-0.1, -0.05) is 32.6 Å². The Morgan fingerprint density at radius 2 is 2.05 bits per heavy atom. The third-order valence-corrected chi connectivity index (χ3v) is 3.84. The first-order chi connectivity index (χ1) is 9.69. The van der Waals surface area contributed by atoms with Crippen LogP contribution in [0.3, 0.4) is 0 Å². The van der Waals surface area contributed by atoms with E-state index >= 15 is 0 Å². The van der Waals surface area contributed by atoms with Crippen LogP contribution in [0, 0.1) is 6.92 Å². The number of guanidine groups is 1. The van der Waals surface area contributed by atoms with Crippen LogP contribution in [-0.2, 0) is 13.0 Å². The van der Waals surface area contributed by atoms with E-state index in [1.165, 1.54) is 38.5 Å². The number of hydrogen-bond acceptors (Lipinski definition) is 3. The maximum atomic E-state index is 5.97. The number of rotatable bonds is 4. The number of nitrogens with one attached hydrogen (secondary N) is 1. The summed E-state index contributed by atoms with van der Waals surface area (Å²) in [6.07, 6.45) is 8.44. The fourth-order valence-corrected chi connectivity index (χ4v) is 2.62. The molecule has 1 aromatic heterocycles. The summed E-state index contributed by atoms with van der Waals surface area (Å²) in [6.45, 7) is 4.44. The molecule has 1 aliphatic rings. The number of nitrogens with two attached hydrogens (primary N) is 1. The van der Waals surface area contributed by atoms with E-state index in [2.05, 4.69) is 15.3 Å². The molecule has 0 atom stereocenters. The molecule has 1 fully saturated rings. The molecule has 0 saturated heterocycles. The van der Waals surface area contributed by atoms with E-state index in [-0.39, 0.29) is 0 Å². The van der Waals surface area contributed by atoms with E-state index in [4.69, 9.17) is 10.2 Å². The average molecular weight is 278 g/mol. The van der Waals surface area contributed by atoms with E-state index in [1.54, 1.807) is 0 Å². The zero-order valence-electron chi connectivity index (χ0n) is 12.6. The predicted octanol–water partition coefficient (Wildman–Crippen LogP) is 2.67. The van der Waals surface area contributed by atoms with Crippen molar-refractivity contribution in [2.45, 2.75) is 71.4 Å². The summed E-state index contributed by atoms with van der Waals surface area (Å²) in [4.78, 5) is 8.72. The van der Waals surface area contributed by atoms with Crippen LogP contribution in [0.15, 0.2) is 9.41 Å². The van der Waals surface area contributed by atoms with Gasteiger partial charge < -0.3 is 15.5 Å². The Kier molecular flexibility index (Phi) is 5.44. The van der Waals surface area contributed by atoms with Crippen molar-refractivity contribution in [1.82, 2.24) is 10.3 Å². The molecule has 0 aliphatic heterocycles. The monoisotopic (exact) mass is 278 g/mol. The number of aromatic nitrogens is 1. The van der Waals surface area contributed by atoms with E-state index in [0.717, 1.165) is 23.8 Å². The van der Waals surface area contributed by atoms with Crippen molar-refractivity contribution in [3.8, 4) is 0 Å². The number of aliphatic imine (C=N–C) groups is 1. The fourth-order valence-electron chi connectivity index (χ4n) is 2.62. The first kappa shape index (κ1) is 14.9. The lowest BCUT2D eigenvalue weighted by molar-refractivity contribution is 0.460. The van der Waals surface area contributed by atoms with Crippen LogP contribution in [0.1, 0.15) is 62.8 Å². The lowest BCUT2D eigenvalue weighted by Gasteiger charge is -2.16. The van der Waals surface area contributed by atoms with Crippen molar-refractivity contribution in [3.63, 3.8) is 0 Å². The second-order valence-electron chi connectivity index (χ2n) is 5.50. The molecule has 0 unspecified atom stereocenters. The predicted molar refractivity (Wildman–Crippen MR) is 80.6 cm³/mol. The highest BCUT2D eigenvalue weighted by molar-refractivity contribution is 5.78. The zero-order valence-corrected chi connectivity index (χ0v) is 12.6. The van der Waals surface area contributed by atoms with Gasteiger partial charge in [0.15, 0.2) is 11.9 Å². The molecule has 0 radical (unpaired) electrons. The number of oxazole rings is 1. The standard InChI is InChI=1S/C15H26N4O/c1-3-14-18-11(2)13(20-14)10-17-15(16)19-12-8-6-4-5-7-9-12/h12H,3-10H2,1-2H3,(H3,16,17,19). The zero-order chi connectivity index (χ0) is 14.4. The lowest BCUT2D eigenvalue weighted by Crippen LogP contribution is -2.39. The van der Waals surface area contributed by atoms with Gasteiger partial charge in [-0.2, -0.15) is 0 Å². The smallest absolute Gasteiger partial charge is 0.194 e. The normalized spacial score (nSPS) is 18.0. The Labute approximate surface area is 121 Å². The van der Waals surface area contributed by atoms with Crippen LogP contribution in [-0.4, -0.2) is 17.0 Å². The summed E-state index contributed by atoms with van der Waals surface area (Å²) < 4.78 is 5.62. The highest BCUT2D eigenvalue weighted by atomic mass is 16.4. The molecule has 0 spiro atoms. The Morgan fingerprint density at radius 1 is 1.35 bits per heavy atom. The lowest BCUT2D eigenvalue weighted by atomic mass is 10.1. The van der Waals surface area contributed by atoms with Gasteiger partial charge in [0.05, 0.1) is 5.69 Å². The van der Waals surface area contributed by atoms with Crippen molar-refractivity contribution in [2.75, 3.05) is 0 Å². The summed E-state index contributed by atoms with van der Waals surface area (Å²) in [5.74, 6) is 2.10. The summed E-state index contributed by atoms with van der Waals surface area (Å²) >= 11 is 0. The van der Waals surface area contributed by atoms with Gasteiger partial charge in [0, 0.05) is 12.5 Å². The Balaban J connectivity index is 1.87. The Hall–Kier alpha value is -1.52. The average Bonchev–Trinajstić information content (AvgIpc) is 2.63. The molecule has 0 aromatic carbocycles. The van der Waals surface area contributed by atoms with Crippen molar-refractivity contribution in [1.29, 1.82) is 0 Å². The van der Waals surface area contributed by atoms with Gasteiger partial charge in [0.2, 0.25) is 0 Å². The van der Waals surface area contributed by atoms with E-state index in [9.17, 15) is 0 Å². The van der Waals surface area contributed by atoms with E-state index < -0.39 is 0 Å². The molecular formula is C15H26N4O. The number of nitrogens with zero attached hydrogens (tertiary/aromatic N) is 2. The van der Waals surface area contributed by atoms with Crippen molar-refractivity contribution in [2.24, 2.45) is 10.7 Å². The maximum absolute atomic E-state index is 5.97. The van der Waals surface area contributed by atoms with Crippen molar-refractivity contribution < 1.29 is 4.42 Å². The summed E-state index contributed by atoms with van der Waals surface area (Å²) in [6, 6.07) is 0.475. The van der Waals surface area contributed by atoms with Gasteiger partial charge in [-0.05, 0) is 19.8 Å². The molecule has 0 amide bonds. The molecule has 1 saturated carbocycles. The van der Waals surface area contributed by atoms with Crippen LogP contribution in [0.25, 0.3) is 0 Å². The minimum Gasteiger partial charge on any atom is -0.443 e. The van der Waals surface area contributed by atoms with Crippen LogP contribution in [0.5, 0.6) is 0 Å². The van der Waals surface area contributed by atoms with Gasteiger partial charge >= 0.3 is 0 Å². The van der Waals surface area contributed by atoms with Crippen LogP contribution < -0.4 is 11.1 Å². The first-order valence-corrected chi connectivity index (χ1v) is 7.70. The highest BCUT2D eigenvalue weighted by Crippen LogP contribution is 2.17. The molecular weight excluding hydrogens is 252 g/mol. The van der Waals surface area contributed by atoms with Gasteiger partial charge in [-0.15, -0.1) is 0 Å². The maximum Gasteiger partial charge on any atom is 0.194 e. The molecule has 0 bridgehead atoms. The molecule has 5 heteroatoms. The van der Waals surface area contributed by atoms with Crippen LogP contribution in [0.4, 0.5) is 0 Å². The molecule has 112 valence electrons. The highest BCUT2D eigenvalue weighted by Gasteiger charge is 2.13. The third-order valence-electron chi connectivity index (χ3n) is 3.84. The number of hydrogen-bond donors (Lipinski definition) is 2. The van der Waals surface area contributed by atoms with Gasteiger partial charge in [-0.25, -0.2) is 9.98 Å². The largest absolute Gasteiger partial charge is 0.443 e. The minimum absolute atomic E-state index is 0.463. The molecule has 1 aliphatic carbocycles. The van der Waals surface area contributed by atoms with Gasteiger partial charge in [0.1, 0.15) is 12.3 Å². The molecule has 1 aromatic rings. The van der Waals surface area contributed by atoms with Crippen molar-refractivity contribution in [3.05, 3.63) is 17.3 Å². The van der Waals surface area contributed by atoms with Crippen molar-refractivity contribution >= 4 is 5.96 Å².